The van der Waals surface area contributed by atoms with Gasteiger partial charge in [-0.1, -0.05) is 24.6 Å². The largest absolute Gasteiger partial charge is 0.416 e. The number of nitrogens with two attached hydrogens (primary N) is 1. The number of aryl methyl sites for hydroxylation is 1. The van der Waals surface area contributed by atoms with Gasteiger partial charge < -0.3 is 4.42 Å². The van der Waals surface area contributed by atoms with Crippen LogP contribution in [0.5, 0.6) is 0 Å². The normalized spacial score (nSPS) is 11.7. The molecule has 0 unspecified atom stereocenters. The lowest BCUT2D eigenvalue weighted by atomic mass is 10.2. The summed E-state index contributed by atoms with van der Waals surface area (Å²) in [5.74, 6) is 0.524. The van der Waals surface area contributed by atoms with Gasteiger partial charge in [0.25, 0.3) is 0 Å². The van der Waals surface area contributed by atoms with Crippen molar-refractivity contribution in [3.63, 3.8) is 0 Å². The highest BCUT2D eigenvalue weighted by atomic mass is 32.2. The highest BCUT2D eigenvalue weighted by molar-refractivity contribution is 7.89. The fraction of sp³-hybridized carbons (Fsp3) is 0.200. The monoisotopic (exact) mass is 424 g/mol. The van der Waals surface area contributed by atoms with E-state index in [0.717, 1.165) is 36.2 Å². The minimum atomic E-state index is -3.82. The topological polar surface area (TPSA) is 130 Å². The van der Waals surface area contributed by atoms with Gasteiger partial charge >= 0.3 is 0 Å². The second-order valence-corrected chi connectivity index (χ2v) is 8.35. The molecule has 0 atom stereocenters. The summed E-state index contributed by atoms with van der Waals surface area (Å²) in [6.45, 7) is 2.14. The van der Waals surface area contributed by atoms with Gasteiger partial charge in [-0.2, -0.15) is 0 Å². The summed E-state index contributed by atoms with van der Waals surface area (Å²) in [5, 5.41) is 21.6. The molecule has 9 nitrogen and oxygen atoms in total. The predicted molar refractivity (Wildman–Crippen MR) is 110 cm³/mol. The molecule has 4 aromatic rings. The van der Waals surface area contributed by atoms with Crippen LogP contribution >= 0.6 is 0 Å². The van der Waals surface area contributed by atoms with Crippen molar-refractivity contribution in [3.8, 4) is 28.6 Å². The molecule has 0 amide bonds. The Morgan fingerprint density at radius 1 is 1.00 bits per heavy atom. The first-order chi connectivity index (χ1) is 14.4. The van der Waals surface area contributed by atoms with Crippen molar-refractivity contribution in [1.82, 2.24) is 25.2 Å². The standard InChI is InChI=1S/C20H20N6O3S/c1-2-3-6-16-13-26(25-22-16)17-10-8-14(9-11-17)19-23-24-20(29-19)15-5-4-7-18(12-15)30(21,27)28/h4-5,7-13H,2-3,6H2,1H3,(H2,21,27,28). The molecule has 154 valence electrons. The van der Waals surface area contributed by atoms with Gasteiger partial charge in [-0.15, -0.1) is 15.3 Å². The molecule has 10 heteroatoms. The van der Waals surface area contributed by atoms with Gasteiger partial charge in [-0.05, 0) is 55.3 Å². The van der Waals surface area contributed by atoms with Crippen molar-refractivity contribution in [2.75, 3.05) is 0 Å². The molecule has 0 saturated carbocycles. The van der Waals surface area contributed by atoms with E-state index in [2.05, 4.69) is 27.4 Å². The number of aromatic nitrogens is 5. The van der Waals surface area contributed by atoms with Crippen molar-refractivity contribution >= 4 is 10.0 Å². The molecule has 0 spiro atoms. The van der Waals surface area contributed by atoms with Crippen molar-refractivity contribution in [2.45, 2.75) is 31.1 Å². The molecule has 2 aromatic carbocycles. The molecule has 2 heterocycles. The Morgan fingerprint density at radius 3 is 2.43 bits per heavy atom. The lowest BCUT2D eigenvalue weighted by molar-refractivity contribution is 0.584. The second-order valence-electron chi connectivity index (χ2n) is 6.79. The fourth-order valence-corrected chi connectivity index (χ4v) is 3.48. The molecule has 30 heavy (non-hydrogen) atoms. The minimum absolute atomic E-state index is 0.0183. The Hall–Kier alpha value is -3.37. The molecule has 0 aliphatic rings. The Kier molecular flexibility index (Phi) is 5.42. The van der Waals surface area contributed by atoms with E-state index in [1.54, 1.807) is 16.8 Å². The summed E-state index contributed by atoms with van der Waals surface area (Å²) in [6.07, 6.45) is 5.03. The number of primary sulfonamides is 1. The summed E-state index contributed by atoms with van der Waals surface area (Å²) in [5.41, 5.74) is 3.03. The number of unbranched alkanes of at least 4 members (excludes halogenated alkanes) is 1. The molecule has 0 saturated heterocycles. The van der Waals surface area contributed by atoms with Crippen molar-refractivity contribution in [2.24, 2.45) is 5.14 Å². The molecule has 0 aliphatic carbocycles. The lowest BCUT2D eigenvalue weighted by Crippen LogP contribution is -2.11. The van der Waals surface area contributed by atoms with E-state index in [0.29, 0.717) is 11.5 Å². The second kappa shape index (κ2) is 8.17. The summed E-state index contributed by atoms with van der Waals surface area (Å²) < 4.78 is 30.5. The average molecular weight is 424 g/mol. The van der Waals surface area contributed by atoms with Crippen LogP contribution in [0.1, 0.15) is 25.5 Å². The number of hydrogen-bond acceptors (Lipinski definition) is 7. The maximum absolute atomic E-state index is 11.5. The zero-order valence-corrected chi connectivity index (χ0v) is 17.1. The van der Waals surface area contributed by atoms with Crippen LogP contribution in [0.25, 0.3) is 28.6 Å². The first kappa shape index (κ1) is 19.9. The Morgan fingerprint density at radius 2 is 1.73 bits per heavy atom. The highest BCUT2D eigenvalue weighted by Crippen LogP contribution is 2.26. The van der Waals surface area contributed by atoms with E-state index in [-0.39, 0.29) is 10.8 Å². The van der Waals surface area contributed by atoms with E-state index < -0.39 is 10.0 Å². The average Bonchev–Trinajstić information content (AvgIpc) is 3.42. The minimum Gasteiger partial charge on any atom is -0.416 e. The summed E-state index contributed by atoms with van der Waals surface area (Å²) in [7, 11) is -3.82. The van der Waals surface area contributed by atoms with E-state index in [1.807, 2.05) is 30.5 Å². The molecular formula is C20H20N6O3S. The highest BCUT2D eigenvalue weighted by Gasteiger charge is 2.14. The van der Waals surface area contributed by atoms with Crippen LogP contribution in [0.4, 0.5) is 0 Å². The van der Waals surface area contributed by atoms with E-state index in [4.69, 9.17) is 9.56 Å². The van der Waals surface area contributed by atoms with E-state index >= 15 is 0 Å². The summed E-state index contributed by atoms with van der Waals surface area (Å²) >= 11 is 0. The van der Waals surface area contributed by atoms with E-state index in [9.17, 15) is 8.42 Å². The zero-order chi connectivity index (χ0) is 21.1. The molecule has 2 N–H and O–H groups in total. The molecule has 0 radical (unpaired) electrons. The molecule has 2 aromatic heterocycles. The van der Waals surface area contributed by atoms with Crippen LogP contribution in [0, 0.1) is 0 Å². The van der Waals surface area contributed by atoms with Gasteiger partial charge in [0.15, 0.2) is 0 Å². The molecule has 0 fully saturated rings. The van der Waals surface area contributed by atoms with Crippen LogP contribution < -0.4 is 5.14 Å². The van der Waals surface area contributed by atoms with Crippen molar-refractivity contribution < 1.29 is 12.8 Å². The number of nitrogens with zero attached hydrogens (tertiary/aromatic N) is 5. The van der Waals surface area contributed by atoms with Crippen LogP contribution in [0.3, 0.4) is 0 Å². The van der Waals surface area contributed by atoms with Gasteiger partial charge in [0.1, 0.15) is 0 Å². The fourth-order valence-electron chi connectivity index (χ4n) is 2.92. The summed E-state index contributed by atoms with van der Waals surface area (Å²) in [4.78, 5) is -0.0183. The predicted octanol–water partition coefficient (Wildman–Crippen LogP) is 2.97. The molecule has 0 bridgehead atoms. The van der Waals surface area contributed by atoms with Crippen LogP contribution in [0.15, 0.2) is 64.0 Å². The zero-order valence-electron chi connectivity index (χ0n) is 16.3. The summed E-state index contributed by atoms with van der Waals surface area (Å²) in [6, 6.07) is 13.5. The van der Waals surface area contributed by atoms with Gasteiger partial charge in [0, 0.05) is 11.1 Å². The van der Waals surface area contributed by atoms with Crippen molar-refractivity contribution in [3.05, 3.63) is 60.4 Å². The first-order valence-electron chi connectivity index (χ1n) is 9.43. The van der Waals surface area contributed by atoms with Crippen LogP contribution in [0.2, 0.25) is 0 Å². The quantitative estimate of drug-likeness (QED) is 0.483. The maximum atomic E-state index is 11.5. The lowest BCUT2D eigenvalue weighted by Gasteiger charge is -2.01. The molecular weight excluding hydrogens is 404 g/mol. The third-order valence-electron chi connectivity index (χ3n) is 4.54. The van der Waals surface area contributed by atoms with Crippen LogP contribution in [-0.4, -0.2) is 33.6 Å². The number of hydrogen-bond donors (Lipinski definition) is 1. The Labute approximate surface area is 173 Å². The third kappa shape index (κ3) is 4.29. The van der Waals surface area contributed by atoms with Gasteiger partial charge in [-0.3, -0.25) is 0 Å². The third-order valence-corrected chi connectivity index (χ3v) is 5.45. The Bertz CT molecular complexity index is 1260. The van der Waals surface area contributed by atoms with Gasteiger partial charge in [-0.25, -0.2) is 18.2 Å². The molecule has 0 aliphatic heterocycles. The number of rotatable bonds is 7. The SMILES string of the molecule is CCCCc1cn(-c2ccc(-c3nnc(-c4cccc(S(N)(=O)=O)c4)o3)cc2)nn1. The smallest absolute Gasteiger partial charge is 0.248 e. The van der Waals surface area contributed by atoms with Crippen LogP contribution in [-0.2, 0) is 16.4 Å². The maximum Gasteiger partial charge on any atom is 0.248 e. The van der Waals surface area contributed by atoms with Gasteiger partial charge in [0.2, 0.25) is 21.8 Å². The Balaban J connectivity index is 1.55. The van der Waals surface area contributed by atoms with Crippen molar-refractivity contribution in [1.29, 1.82) is 0 Å². The van der Waals surface area contributed by atoms with Gasteiger partial charge in [0.05, 0.1) is 22.5 Å². The first-order valence-corrected chi connectivity index (χ1v) is 11.0. The van der Waals surface area contributed by atoms with E-state index in [1.165, 1.54) is 12.1 Å². The molecule has 4 rings (SSSR count). The number of benzene rings is 2. The number of sulfonamides is 1.